The number of cyclic esters (lactones) is 1. The third kappa shape index (κ3) is 3.61. The molecule has 1 aliphatic rings. The zero-order valence-corrected chi connectivity index (χ0v) is 13.4. The molecule has 1 aromatic carbocycles. The van der Waals surface area contributed by atoms with Gasteiger partial charge in [0.25, 0.3) is 0 Å². The zero-order valence-electron chi connectivity index (χ0n) is 13.4. The Balaban J connectivity index is 2.36. The van der Waals surface area contributed by atoms with Crippen molar-refractivity contribution in [2.45, 2.75) is 38.5 Å². The van der Waals surface area contributed by atoms with Gasteiger partial charge in [-0.25, -0.2) is 14.4 Å². The van der Waals surface area contributed by atoms with Gasteiger partial charge in [0.2, 0.25) is 0 Å². The van der Waals surface area contributed by atoms with Crippen molar-refractivity contribution in [3.05, 3.63) is 35.9 Å². The second-order valence-electron chi connectivity index (χ2n) is 6.03. The summed E-state index contributed by atoms with van der Waals surface area (Å²) in [5.74, 6) is -0.754. The normalized spacial score (nSPS) is 20.9. The van der Waals surface area contributed by atoms with E-state index in [0.29, 0.717) is 10.5 Å². The molecule has 0 radical (unpaired) electrons. The van der Waals surface area contributed by atoms with Crippen LogP contribution >= 0.6 is 0 Å². The fourth-order valence-corrected chi connectivity index (χ4v) is 2.22. The molecule has 0 saturated carbocycles. The molecule has 7 nitrogen and oxygen atoms in total. The summed E-state index contributed by atoms with van der Waals surface area (Å²) < 4.78 is 15.1. The summed E-state index contributed by atoms with van der Waals surface area (Å²) in [5, 5.41) is 0. The minimum atomic E-state index is -1.23. The maximum absolute atomic E-state index is 12.3. The van der Waals surface area contributed by atoms with Gasteiger partial charge in [-0.2, -0.15) is 4.90 Å². The number of imide groups is 1. The monoisotopic (exact) mass is 321 g/mol. The lowest BCUT2D eigenvalue weighted by Crippen LogP contribution is -2.47. The van der Waals surface area contributed by atoms with Crippen LogP contribution in [0.3, 0.4) is 0 Å². The summed E-state index contributed by atoms with van der Waals surface area (Å²) in [4.78, 5) is 37.2. The van der Waals surface area contributed by atoms with Crippen molar-refractivity contribution >= 4 is 18.2 Å². The topological polar surface area (TPSA) is 82.1 Å². The number of carbonyl (C=O) groups is 3. The van der Waals surface area contributed by atoms with Crippen LogP contribution in [0, 0.1) is 0 Å². The van der Waals surface area contributed by atoms with Gasteiger partial charge in [0.15, 0.2) is 12.1 Å². The van der Waals surface area contributed by atoms with E-state index in [0.717, 1.165) is 0 Å². The fraction of sp³-hybridized carbons (Fsp3) is 0.438. The van der Waals surface area contributed by atoms with Crippen LogP contribution in [-0.4, -0.2) is 41.8 Å². The van der Waals surface area contributed by atoms with E-state index in [1.54, 1.807) is 51.1 Å². The first-order valence-electron chi connectivity index (χ1n) is 7.10. The molecule has 0 unspecified atom stereocenters. The number of nitrogens with zero attached hydrogens (tertiary/aromatic N) is 1. The van der Waals surface area contributed by atoms with E-state index in [-0.39, 0.29) is 0 Å². The van der Waals surface area contributed by atoms with Crippen LogP contribution in [0.4, 0.5) is 9.59 Å². The van der Waals surface area contributed by atoms with Crippen molar-refractivity contribution in [3.8, 4) is 0 Å². The van der Waals surface area contributed by atoms with Crippen LogP contribution in [0.15, 0.2) is 30.3 Å². The first-order valence-corrected chi connectivity index (χ1v) is 7.10. The highest BCUT2D eigenvalue weighted by Crippen LogP contribution is 2.34. The summed E-state index contributed by atoms with van der Waals surface area (Å²) in [5.41, 5.74) is -0.231. The number of esters is 1. The molecule has 0 aliphatic carbocycles. The molecule has 2 rings (SSSR count). The number of carbonyl (C=O) groups excluding carboxylic acids is 3. The summed E-state index contributed by atoms with van der Waals surface area (Å²) in [6, 6.07) is 7.45. The van der Waals surface area contributed by atoms with Gasteiger partial charge in [-0.15, -0.1) is 0 Å². The van der Waals surface area contributed by atoms with Crippen LogP contribution in [-0.2, 0) is 19.0 Å². The van der Waals surface area contributed by atoms with Crippen molar-refractivity contribution in [2.24, 2.45) is 0 Å². The predicted octanol–water partition coefficient (Wildman–Crippen LogP) is 2.66. The van der Waals surface area contributed by atoms with Crippen molar-refractivity contribution in [1.29, 1.82) is 0 Å². The van der Waals surface area contributed by atoms with Crippen LogP contribution in [0.1, 0.15) is 32.4 Å². The Morgan fingerprint density at radius 1 is 1.17 bits per heavy atom. The van der Waals surface area contributed by atoms with Gasteiger partial charge < -0.3 is 14.2 Å². The largest absolute Gasteiger partial charge is 0.467 e. The molecule has 1 aromatic rings. The molecule has 2 atom stereocenters. The molecule has 23 heavy (non-hydrogen) atoms. The van der Waals surface area contributed by atoms with E-state index in [1.807, 2.05) is 0 Å². The Bertz CT molecular complexity index is 607. The molecule has 7 heteroatoms. The van der Waals surface area contributed by atoms with Crippen LogP contribution in [0.25, 0.3) is 0 Å². The number of amides is 2. The molecule has 1 fully saturated rings. The Morgan fingerprint density at radius 3 is 2.30 bits per heavy atom. The molecule has 2 amide bonds. The Labute approximate surface area is 134 Å². The average Bonchev–Trinajstić information content (AvgIpc) is 2.83. The first-order chi connectivity index (χ1) is 10.7. The highest BCUT2D eigenvalue weighted by atomic mass is 16.6. The minimum absolute atomic E-state index is 0.585. The number of rotatable bonds is 2. The first kappa shape index (κ1) is 16.8. The third-order valence-electron chi connectivity index (χ3n) is 3.15. The van der Waals surface area contributed by atoms with E-state index in [4.69, 9.17) is 14.2 Å². The van der Waals surface area contributed by atoms with Crippen molar-refractivity contribution in [1.82, 2.24) is 4.90 Å². The van der Waals surface area contributed by atoms with Gasteiger partial charge in [-0.3, -0.25) is 0 Å². The van der Waals surface area contributed by atoms with Crippen molar-refractivity contribution < 1.29 is 28.6 Å². The van der Waals surface area contributed by atoms with Gasteiger partial charge in [-0.1, -0.05) is 30.3 Å². The Morgan fingerprint density at radius 2 is 1.78 bits per heavy atom. The predicted molar refractivity (Wildman–Crippen MR) is 79.5 cm³/mol. The summed E-state index contributed by atoms with van der Waals surface area (Å²) >= 11 is 0. The Hall–Kier alpha value is -2.57. The second kappa shape index (κ2) is 6.28. The summed E-state index contributed by atoms with van der Waals surface area (Å²) in [7, 11) is 1.18. The molecule has 1 saturated heterocycles. The summed E-state index contributed by atoms with van der Waals surface area (Å²) in [6.07, 6.45) is -2.83. The third-order valence-corrected chi connectivity index (χ3v) is 3.15. The SMILES string of the molecule is COC(=O)[C@H]1[C@@H](c2ccccc2)OC(=O)N1C(=O)OC(C)(C)C. The number of hydrogen-bond donors (Lipinski definition) is 0. The van der Waals surface area contributed by atoms with E-state index in [9.17, 15) is 14.4 Å². The van der Waals surface area contributed by atoms with Gasteiger partial charge in [0.05, 0.1) is 7.11 Å². The van der Waals surface area contributed by atoms with Gasteiger partial charge in [0, 0.05) is 0 Å². The molecule has 0 aromatic heterocycles. The van der Waals surface area contributed by atoms with Crippen molar-refractivity contribution in [2.75, 3.05) is 7.11 Å². The lowest BCUT2D eigenvalue weighted by Gasteiger charge is -2.25. The van der Waals surface area contributed by atoms with Gasteiger partial charge in [0.1, 0.15) is 5.60 Å². The molecule has 0 spiro atoms. The van der Waals surface area contributed by atoms with Crippen LogP contribution in [0.2, 0.25) is 0 Å². The summed E-state index contributed by atoms with van der Waals surface area (Å²) in [6.45, 7) is 4.98. The van der Waals surface area contributed by atoms with Gasteiger partial charge >= 0.3 is 18.2 Å². The molecular formula is C16H19NO6. The maximum Gasteiger partial charge on any atom is 0.420 e. The number of ether oxygens (including phenoxy) is 3. The molecule has 1 aliphatic heterocycles. The standard InChI is InChI=1S/C16H19NO6/c1-16(2,3)23-15(20)17-11(13(18)21-4)12(22-14(17)19)10-8-6-5-7-9-10/h5-9,11-12H,1-4H3/t11-,12-/m1/s1. The van der Waals surface area contributed by atoms with Gasteiger partial charge in [-0.05, 0) is 26.3 Å². The van der Waals surface area contributed by atoms with Crippen molar-refractivity contribution in [3.63, 3.8) is 0 Å². The van der Waals surface area contributed by atoms with E-state index < -0.39 is 35.9 Å². The minimum Gasteiger partial charge on any atom is -0.467 e. The number of hydrogen-bond acceptors (Lipinski definition) is 6. The molecule has 124 valence electrons. The maximum atomic E-state index is 12.3. The molecule has 0 bridgehead atoms. The highest BCUT2D eigenvalue weighted by molar-refractivity contribution is 5.96. The molecule has 0 N–H and O–H groups in total. The lowest BCUT2D eigenvalue weighted by atomic mass is 10.0. The Kier molecular flexibility index (Phi) is 4.58. The smallest absolute Gasteiger partial charge is 0.420 e. The molecule has 1 heterocycles. The van der Waals surface area contributed by atoms with Crippen LogP contribution < -0.4 is 0 Å². The lowest BCUT2D eigenvalue weighted by molar-refractivity contribution is -0.146. The highest BCUT2D eigenvalue weighted by Gasteiger charge is 2.52. The van der Waals surface area contributed by atoms with E-state index in [2.05, 4.69) is 0 Å². The van der Waals surface area contributed by atoms with Crippen LogP contribution in [0.5, 0.6) is 0 Å². The van der Waals surface area contributed by atoms with E-state index >= 15 is 0 Å². The number of benzene rings is 1. The average molecular weight is 321 g/mol. The molecular weight excluding hydrogens is 302 g/mol. The quantitative estimate of drug-likeness (QED) is 0.615. The fourth-order valence-electron chi connectivity index (χ4n) is 2.22. The zero-order chi connectivity index (χ0) is 17.2. The number of methoxy groups -OCH3 is 1. The van der Waals surface area contributed by atoms with E-state index in [1.165, 1.54) is 7.11 Å². The second-order valence-corrected chi connectivity index (χ2v) is 6.03.